The summed E-state index contributed by atoms with van der Waals surface area (Å²) in [6.07, 6.45) is -0.745. The molecule has 1 N–H and O–H groups in total. The molecular formula is C12H12N2O4S. The van der Waals surface area contributed by atoms with Gasteiger partial charge >= 0.3 is 6.09 Å². The van der Waals surface area contributed by atoms with E-state index >= 15 is 0 Å². The molecule has 1 heterocycles. The first-order valence-electron chi connectivity index (χ1n) is 5.64. The fraction of sp³-hybridized carbons (Fsp3) is 0.250. The summed E-state index contributed by atoms with van der Waals surface area (Å²) in [4.78, 5) is 26.6. The predicted octanol–water partition coefficient (Wildman–Crippen LogP) is 2.19. The average molecular weight is 280 g/mol. The van der Waals surface area contributed by atoms with Gasteiger partial charge in [-0.25, -0.2) is 9.78 Å². The van der Waals surface area contributed by atoms with E-state index in [1.165, 1.54) is 0 Å². The number of nitrogens with one attached hydrogen (secondary N) is 1. The minimum atomic E-state index is -0.745. The molecule has 2 aromatic rings. The van der Waals surface area contributed by atoms with Gasteiger partial charge in [0.25, 0.3) is 5.22 Å². The molecule has 7 heteroatoms. The van der Waals surface area contributed by atoms with Crippen LogP contribution >= 0.6 is 11.8 Å². The Morgan fingerprint density at radius 3 is 2.95 bits per heavy atom. The maximum atomic E-state index is 11.4. The third-order valence-electron chi connectivity index (χ3n) is 2.12. The molecule has 1 aromatic carbocycles. The lowest BCUT2D eigenvalue weighted by Crippen LogP contribution is -2.32. The summed E-state index contributed by atoms with van der Waals surface area (Å²) in [7, 11) is 0. The normalized spacial score (nSPS) is 10.4. The Labute approximate surface area is 113 Å². The van der Waals surface area contributed by atoms with E-state index in [9.17, 15) is 9.59 Å². The first-order chi connectivity index (χ1) is 9.19. The second-order valence-electron chi connectivity index (χ2n) is 3.50. The molecule has 1 aromatic heterocycles. The van der Waals surface area contributed by atoms with Crippen LogP contribution in [0.5, 0.6) is 0 Å². The highest BCUT2D eigenvalue weighted by Crippen LogP contribution is 2.22. The predicted molar refractivity (Wildman–Crippen MR) is 69.9 cm³/mol. The van der Waals surface area contributed by atoms with Gasteiger partial charge < -0.3 is 9.15 Å². The summed E-state index contributed by atoms with van der Waals surface area (Å²) < 4.78 is 10.0. The number of hydrogen-bond donors (Lipinski definition) is 1. The van der Waals surface area contributed by atoms with Crippen molar-refractivity contribution in [1.82, 2.24) is 10.3 Å². The van der Waals surface area contributed by atoms with Crippen molar-refractivity contribution in [2.45, 2.75) is 12.1 Å². The summed E-state index contributed by atoms with van der Waals surface area (Å²) in [6, 6.07) is 7.31. The van der Waals surface area contributed by atoms with Crippen molar-refractivity contribution in [2.24, 2.45) is 0 Å². The van der Waals surface area contributed by atoms with E-state index in [1.54, 1.807) is 13.0 Å². The van der Waals surface area contributed by atoms with E-state index in [-0.39, 0.29) is 12.4 Å². The minimum absolute atomic E-state index is 0.0334. The van der Waals surface area contributed by atoms with Crippen molar-refractivity contribution in [2.75, 3.05) is 12.4 Å². The number of benzene rings is 1. The van der Waals surface area contributed by atoms with Crippen molar-refractivity contribution in [3.05, 3.63) is 24.3 Å². The van der Waals surface area contributed by atoms with Crippen LogP contribution in [0.4, 0.5) is 4.79 Å². The molecule has 19 heavy (non-hydrogen) atoms. The van der Waals surface area contributed by atoms with Crippen LogP contribution in [0.3, 0.4) is 0 Å². The second kappa shape index (κ2) is 6.24. The fourth-order valence-electron chi connectivity index (χ4n) is 1.36. The van der Waals surface area contributed by atoms with Crippen LogP contribution in [-0.2, 0) is 9.53 Å². The number of fused-ring (bicyclic) bond motifs is 1. The van der Waals surface area contributed by atoms with E-state index in [2.05, 4.69) is 15.0 Å². The number of nitrogens with zero attached hydrogens (tertiary/aromatic N) is 1. The Morgan fingerprint density at radius 2 is 2.21 bits per heavy atom. The van der Waals surface area contributed by atoms with Gasteiger partial charge in [-0.05, 0) is 19.1 Å². The third kappa shape index (κ3) is 3.72. The van der Waals surface area contributed by atoms with Gasteiger partial charge in [-0.15, -0.1) is 0 Å². The molecule has 2 amide bonds. The van der Waals surface area contributed by atoms with Crippen LogP contribution < -0.4 is 5.32 Å². The Balaban J connectivity index is 1.88. The molecule has 0 saturated heterocycles. The van der Waals surface area contributed by atoms with Crippen molar-refractivity contribution >= 4 is 34.9 Å². The summed E-state index contributed by atoms with van der Waals surface area (Å²) in [5.74, 6) is -0.420. The number of carbonyl (C=O) groups is 2. The number of imide groups is 1. The SMILES string of the molecule is CCOC(=O)NC(=O)CSc1nc2ccccc2o1. The lowest BCUT2D eigenvalue weighted by molar-refractivity contribution is -0.117. The molecule has 0 saturated carbocycles. The molecule has 2 rings (SSSR count). The second-order valence-corrected chi connectivity index (χ2v) is 4.43. The van der Waals surface area contributed by atoms with Crippen molar-refractivity contribution < 1.29 is 18.7 Å². The first kappa shape index (κ1) is 13.4. The van der Waals surface area contributed by atoms with Gasteiger partial charge in [0.05, 0.1) is 12.4 Å². The van der Waals surface area contributed by atoms with Crippen molar-refractivity contribution in [3.63, 3.8) is 0 Å². The van der Waals surface area contributed by atoms with Gasteiger partial charge in [-0.1, -0.05) is 23.9 Å². The van der Waals surface area contributed by atoms with E-state index in [4.69, 9.17) is 4.42 Å². The molecule has 0 atom stereocenters. The molecule has 0 radical (unpaired) electrons. The van der Waals surface area contributed by atoms with Gasteiger partial charge in [0.15, 0.2) is 5.58 Å². The van der Waals surface area contributed by atoms with Crippen LogP contribution in [0.2, 0.25) is 0 Å². The van der Waals surface area contributed by atoms with Crippen LogP contribution in [0, 0.1) is 0 Å². The summed E-state index contributed by atoms with van der Waals surface area (Å²) in [5.41, 5.74) is 1.40. The Bertz CT molecular complexity index is 563. The van der Waals surface area contributed by atoms with E-state index in [0.29, 0.717) is 10.8 Å². The zero-order valence-electron chi connectivity index (χ0n) is 10.2. The lowest BCUT2D eigenvalue weighted by Gasteiger charge is -2.02. The van der Waals surface area contributed by atoms with Gasteiger partial charge in [0.2, 0.25) is 5.91 Å². The third-order valence-corrected chi connectivity index (χ3v) is 2.95. The number of amides is 2. The lowest BCUT2D eigenvalue weighted by atomic mass is 10.3. The number of thioether (sulfide) groups is 1. The summed E-state index contributed by atoms with van der Waals surface area (Å²) in [5, 5.41) is 2.48. The largest absolute Gasteiger partial charge is 0.450 e. The zero-order valence-corrected chi connectivity index (χ0v) is 11.0. The van der Waals surface area contributed by atoms with Crippen LogP contribution in [-0.4, -0.2) is 29.3 Å². The standard InChI is InChI=1S/C12H12N2O4S/c1-2-17-11(16)14-10(15)7-19-12-13-8-5-3-4-6-9(8)18-12/h3-6H,2,7H2,1H3,(H,14,15,16). The number of hydrogen-bond acceptors (Lipinski definition) is 6. The number of carbonyl (C=O) groups excluding carboxylic acids is 2. The average Bonchev–Trinajstić information content (AvgIpc) is 2.79. The maximum absolute atomic E-state index is 11.4. The molecule has 100 valence electrons. The number of aromatic nitrogens is 1. The molecule has 0 unspecified atom stereocenters. The summed E-state index contributed by atoms with van der Waals surface area (Å²) in [6.45, 7) is 1.88. The van der Waals surface area contributed by atoms with Gasteiger partial charge in [0.1, 0.15) is 5.52 Å². The Kier molecular flexibility index (Phi) is 4.40. The number of oxazole rings is 1. The van der Waals surface area contributed by atoms with E-state index in [0.717, 1.165) is 17.3 Å². The zero-order chi connectivity index (χ0) is 13.7. The number of rotatable bonds is 4. The smallest absolute Gasteiger partial charge is 0.413 e. The molecule has 0 fully saturated rings. The number of ether oxygens (including phenoxy) is 1. The van der Waals surface area contributed by atoms with Gasteiger partial charge in [-0.3, -0.25) is 10.1 Å². The van der Waals surface area contributed by atoms with Gasteiger partial charge in [-0.2, -0.15) is 0 Å². The first-order valence-corrected chi connectivity index (χ1v) is 6.62. The monoisotopic (exact) mass is 280 g/mol. The minimum Gasteiger partial charge on any atom is -0.450 e. The highest BCUT2D eigenvalue weighted by atomic mass is 32.2. The molecule has 6 nitrogen and oxygen atoms in total. The van der Waals surface area contributed by atoms with Crippen LogP contribution in [0.1, 0.15) is 6.92 Å². The molecular weight excluding hydrogens is 268 g/mol. The van der Waals surface area contributed by atoms with E-state index in [1.807, 2.05) is 18.2 Å². The topological polar surface area (TPSA) is 81.4 Å². The molecule has 0 spiro atoms. The maximum Gasteiger partial charge on any atom is 0.413 e. The van der Waals surface area contributed by atoms with Crippen LogP contribution in [0.15, 0.2) is 33.9 Å². The Morgan fingerprint density at radius 1 is 1.42 bits per heavy atom. The van der Waals surface area contributed by atoms with Crippen molar-refractivity contribution in [1.29, 1.82) is 0 Å². The van der Waals surface area contributed by atoms with Crippen LogP contribution in [0.25, 0.3) is 11.1 Å². The van der Waals surface area contributed by atoms with E-state index < -0.39 is 12.0 Å². The highest BCUT2D eigenvalue weighted by molar-refractivity contribution is 7.99. The van der Waals surface area contributed by atoms with Gasteiger partial charge in [0, 0.05) is 0 Å². The molecule has 0 aliphatic rings. The molecule has 0 aliphatic heterocycles. The van der Waals surface area contributed by atoms with Crippen molar-refractivity contribution in [3.8, 4) is 0 Å². The fourth-order valence-corrected chi connectivity index (χ4v) is 2.00. The molecule has 0 bridgehead atoms. The quantitative estimate of drug-likeness (QED) is 0.865. The number of alkyl carbamates (subject to hydrolysis) is 1. The molecule has 0 aliphatic carbocycles. The summed E-state index contributed by atoms with van der Waals surface area (Å²) >= 11 is 1.12. The number of para-hydroxylation sites is 2. The Hall–Kier alpha value is -2.02. The highest BCUT2D eigenvalue weighted by Gasteiger charge is 2.11.